The fourth-order valence-corrected chi connectivity index (χ4v) is 2.31. The normalized spacial score (nSPS) is 10.6. The van der Waals surface area contributed by atoms with E-state index in [4.69, 9.17) is 14.4 Å². The predicted molar refractivity (Wildman–Crippen MR) is 74.4 cm³/mol. The molecule has 0 aliphatic carbocycles. The molecule has 3 aromatic rings. The summed E-state index contributed by atoms with van der Waals surface area (Å²) in [5.41, 5.74) is 1.40. The highest BCUT2D eigenvalue weighted by Crippen LogP contribution is 2.31. The third kappa shape index (κ3) is 1.81. The van der Waals surface area contributed by atoms with Crippen LogP contribution in [0.25, 0.3) is 21.7 Å². The van der Waals surface area contributed by atoms with E-state index in [1.54, 1.807) is 6.07 Å². The fourth-order valence-electron chi connectivity index (χ4n) is 2.31. The topological polar surface area (TPSA) is 63.2 Å². The summed E-state index contributed by atoms with van der Waals surface area (Å²) in [6.45, 7) is 1.53. The predicted octanol–water partition coefficient (Wildman–Crippen LogP) is 3.57. The molecule has 20 heavy (non-hydrogen) atoms. The van der Waals surface area contributed by atoms with Crippen molar-refractivity contribution in [2.75, 3.05) is 6.61 Å². The molecule has 0 bridgehead atoms. The van der Waals surface area contributed by atoms with Crippen molar-refractivity contribution < 1.29 is 13.9 Å². The molecule has 0 saturated carbocycles. The van der Waals surface area contributed by atoms with Crippen molar-refractivity contribution in [3.05, 3.63) is 47.7 Å². The summed E-state index contributed by atoms with van der Waals surface area (Å²) in [6, 6.07) is 13.5. The molecular formula is C16H11NO3. The number of aryl methyl sites for hydroxylation is 1. The molecule has 0 aliphatic heterocycles. The van der Waals surface area contributed by atoms with Gasteiger partial charge in [-0.15, -0.1) is 0 Å². The van der Waals surface area contributed by atoms with E-state index >= 15 is 0 Å². The molecule has 0 amide bonds. The van der Waals surface area contributed by atoms with E-state index < -0.39 is 5.97 Å². The molecule has 4 heteroatoms. The number of hydrogen-bond donors (Lipinski definition) is 0. The standard InChI is InChI=1S/C16H11NO3/c1-10-12-7-6-11-4-2-3-5-13(11)15(12)20-14(10)16(18)19-9-8-17/h2-7H,9H2,1H3. The molecule has 98 valence electrons. The van der Waals surface area contributed by atoms with Gasteiger partial charge >= 0.3 is 5.97 Å². The number of ether oxygens (including phenoxy) is 1. The van der Waals surface area contributed by atoms with E-state index in [0.717, 1.165) is 21.7 Å². The van der Waals surface area contributed by atoms with Gasteiger partial charge in [-0.3, -0.25) is 0 Å². The maximum atomic E-state index is 11.9. The highest BCUT2D eigenvalue weighted by molar-refractivity contribution is 6.08. The van der Waals surface area contributed by atoms with Crippen LogP contribution in [-0.4, -0.2) is 12.6 Å². The SMILES string of the molecule is Cc1c(C(=O)OCC#N)oc2c1ccc1ccccc12. The molecule has 2 aromatic carbocycles. The summed E-state index contributed by atoms with van der Waals surface area (Å²) < 4.78 is 10.5. The Labute approximate surface area is 115 Å². The number of rotatable bonds is 2. The summed E-state index contributed by atoms with van der Waals surface area (Å²) in [7, 11) is 0. The maximum Gasteiger partial charge on any atom is 0.375 e. The van der Waals surface area contributed by atoms with Crippen molar-refractivity contribution in [2.24, 2.45) is 0 Å². The van der Waals surface area contributed by atoms with Crippen molar-refractivity contribution in [3.8, 4) is 6.07 Å². The lowest BCUT2D eigenvalue weighted by Crippen LogP contribution is -2.05. The van der Waals surface area contributed by atoms with Crippen LogP contribution in [0.4, 0.5) is 0 Å². The highest BCUT2D eigenvalue weighted by Gasteiger charge is 2.20. The zero-order valence-corrected chi connectivity index (χ0v) is 10.8. The molecule has 0 unspecified atom stereocenters. The molecule has 0 N–H and O–H groups in total. The maximum absolute atomic E-state index is 11.9. The minimum atomic E-state index is -0.607. The van der Waals surface area contributed by atoms with Crippen LogP contribution in [0, 0.1) is 18.3 Å². The monoisotopic (exact) mass is 265 g/mol. The Bertz CT molecular complexity index is 855. The summed E-state index contributed by atoms with van der Waals surface area (Å²) in [5, 5.41) is 11.3. The van der Waals surface area contributed by atoms with Crippen LogP contribution in [0.1, 0.15) is 16.1 Å². The average molecular weight is 265 g/mol. The Morgan fingerprint density at radius 3 is 2.85 bits per heavy atom. The number of carbonyl (C=O) groups is 1. The smallest absolute Gasteiger partial charge is 0.375 e. The van der Waals surface area contributed by atoms with Gasteiger partial charge in [0.15, 0.2) is 6.61 Å². The van der Waals surface area contributed by atoms with Crippen LogP contribution in [0.3, 0.4) is 0 Å². The van der Waals surface area contributed by atoms with Gasteiger partial charge in [-0.2, -0.15) is 5.26 Å². The second kappa shape index (κ2) is 4.71. The first-order valence-electron chi connectivity index (χ1n) is 6.17. The summed E-state index contributed by atoms with van der Waals surface area (Å²) in [6.07, 6.45) is 0. The number of nitriles is 1. The van der Waals surface area contributed by atoms with Crippen LogP contribution in [0.5, 0.6) is 0 Å². The van der Waals surface area contributed by atoms with E-state index in [0.29, 0.717) is 5.58 Å². The zero-order chi connectivity index (χ0) is 14.1. The number of hydrogen-bond acceptors (Lipinski definition) is 4. The fraction of sp³-hybridized carbons (Fsp3) is 0.125. The Balaban J connectivity index is 2.21. The molecule has 0 saturated heterocycles. The Hall–Kier alpha value is -2.80. The van der Waals surface area contributed by atoms with Crippen molar-refractivity contribution in [1.29, 1.82) is 5.26 Å². The molecule has 0 spiro atoms. The van der Waals surface area contributed by atoms with Gasteiger partial charge in [-0.1, -0.05) is 36.4 Å². The number of furan rings is 1. The van der Waals surface area contributed by atoms with Crippen molar-refractivity contribution >= 4 is 27.7 Å². The first-order valence-corrected chi connectivity index (χ1v) is 6.17. The Morgan fingerprint density at radius 1 is 1.25 bits per heavy atom. The van der Waals surface area contributed by atoms with Gasteiger partial charge in [0.2, 0.25) is 5.76 Å². The number of esters is 1. The van der Waals surface area contributed by atoms with Crippen LogP contribution in [0.2, 0.25) is 0 Å². The van der Waals surface area contributed by atoms with Gasteiger partial charge in [0.25, 0.3) is 0 Å². The lowest BCUT2D eigenvalue weighted by atomic mass is 10.1. The minimum absolute atomic E-state index is 0.159. The molecule has 4 nitrogen and oxygen atoms in total. The molecule has 0 fully saturated rings. The molecule has 0 aliphatic rings. The first kappa shape index (κ1) is 12.2. The largest absolute Gasteiger partial charge is 0.448 e. The highest BCUT2D eigenvalue weighted by atomic mass is 16.5. The van der Waals surface area contributed by atoms with Crippen LogP contribution >= 0.6 is 0 Å². The lowest BCUT2D eigenvalue weighted by Gasteiger charge is -1.97. The summed E-state index contributed by atoms with van der Waals surface area (Å²) in [4.78, 5) is 11.9. The molecule has 1 aromatic heterocycles. The van der Waals surface area contributed by atoms with Gasteiger partial charge in [0.05, 0.1) is 0 Å². The number of nitrogens with zero attached hydrogens (tertiary/aromatic N) is 1. The Morgan fingerprint density at radius 2 is 2.05 bits per heavy atom. The molecule has 1 heterocycles. The van der Waals surface area contributed by atoms with Crippen molar-refractivity contribution in [1.82, 2.24) is 0 Å². The number of carbonyl (C=O) groups excluding carboxylic acids is 1. The third-order valence-electron chi connectivity index (χ3n) is 3.28. The summed E-state index contributed by atoms with van der Waals surface area (Å²) >= 11 is 0. The lowest BCUT2D eigenvalue weighted by molar-refractivity contribution is 0.0520. The second-order valence-electron chi connectivity index (χ2n) is 4.45. The van der Waals surface area contributed by atoms with E-state index in [2.05, 4.69) is 0 Å². The van der Waals surface area contributed by atoms with Gasteiger partial charge in [-0.05, 0) is 12.3 Å². The molecular weight excluding hydrogens is 254 g/mol. The van der Waals surface area contributed by atoms with Gasteiger partial charge in [0.1, 0.15) is 11.7 Å². The summed E-state index contributed by atoms with van der Waals surface area (Å²) in [5.74, 6) is -0.448. The molecule has 0 radical (unpaired) electrons. The molecule has 0 atom stereocenters. The number of fused-ring (bicyclic) bond motifs is 3. The van der Waals surface area contributed by atoms with Crippen molar-refractivity contribution in [2.45, 2.75) is 6.92 Å². The third-order valence-corrected chi connectivity index (χ3v) is 3.28. The average Bonchev–Trinajstić information content (AvgIpc) is 2.82. The first-order chi connectivity index (χ1) is 9.72. The zero-order valence-electron chi connectivity index (χ0n) is 10.8. The van der Waals surface area contributed by atoms with Crippen LogP contribution in [-0.2, 0) is 4.74 Å². The van der Waals surface area contributed by atoms with Crippen LogP contribution < -0.4 is 0 Å². The van der Waals surface area contributed by atoms with Crippen LogP contribution in [0.15, 0.2) is 40.8 Å². The Kier molecular flexibility index (Phi) is 2.88. The van der Waals surface area contributed by atoms with E-state index in [9.17, 15) is 4.79 Å². The quantitative estimate of drug-likeness (QED) is 0.664. The number of benzene rings is 2. The van der Waals surface area contributed by atoms with E-state index in [1.807, 2.05) is 43.3 Å². The van der Waals surface area contributed by atoms with Gasteiger partial charge in [0, 0.05) is 16.3 Å². The van der Waals surface area contributed by atoms with Gasteiger partial charge in [-0.25, -0.2) is 4.79 Å². The van der Waals surface area contributed by atoms with E-state index in [1.165, 1.54) is 0 Å². The van der Waals surface area contributed by atoms with E-state index in [-0.39, 0.29) is 12.4 Å². The van der Waals surface area contributed by atoms with Crippen molar-refractivity contribution in [3.63, 3.8) is 0 Å². The second-order valence-corrected chi connectivity index (χ2v) is 4.45. The van der Waals surface area contributed by atoms with Gasteiger partial charge < -0.3 is 9.15 Å². The minimum Gasteiger partial charge on any atom is -0.448 e. The molecule has 3 rings (SSSR count).